The summed E-state index contributed by atoms with van der Waals surface area (Å²) in [6.45, 7) is 0. The molecule has 0 heterocycles. The van der Waals surface area contributed by atoms with Crippen LogP contribution in [0.1, 0.15) is 0 Å². The molecule has 0 saturated carbocycles. The van der Waals surface area contributed by atoms with E-state index in [-0.39, 0.29) is 4.32 Å². The lowest BCUT2D eigenvalue weighted by molar-refractivity contribution is 0.570. The second-order valence-electron chi connectivity index (χ2n) is 0.533. The van der Waals surface area contributed by atoms with Gasteiger partial charge < -0.3 is 5.73 Å². The zero-order chi connectivity index (χ0) is 4.99. The van der Waals surface area contributed by atoms with Crippen molar-refractivity contribution >= 4 is 33.9 Å². The van der Waals surface area contributed by atoms with Crippen LogP contribution >= 0.6 is 24.0 Å². The van der Waals surface area contributed by atoms with Gasteiger partial charge in [-0.25, -0.2) is 0 Å². The minimum atomic E-state index is 0.171. The number of thiocarbonyl (C=S) groups is 1. The topological polar surface area (TPSA) is 43.1 Å². The predicted molar refractivity (Wildman–Crippen MR) is 31.1 cm³/mol. The minimum absolute atomic E-state index is 0.171. The average molecular weight is 121 g/mol. The molecule has 0 aromatic carbocycles. The molecule has 0 unspecified atom stereocenters. The Labute approximate surface area is 45.1 Å². The Morgan fingerprint density at radius 1 is 2.00 bits per heavy atom. The Bertz CT molecular complexity index is 71.9. The number of rotatable bonds is 1. The molecule has 0 atom stereocenters. The van der Waals surface area contributed by atoms with Gasteiger partial charge >= 0.3 is 0 Å². The zero-order valence-corrected chi connectivity index (χ0v) is 4.51. The largest absolute Gasteiger partial charge is 0.384 e. The Kier molecular flexibility index (Phi) is 3.07. The number of carbonyl (C=O) groups is 1. The highest BCUT2D eigenvalue weighted by molar-refractivity contribution is 8.31. The summed E-state index contributed by atoms with van der Waals surface area (Å²) in [6, 6.07) is 0. The maximum absolute atomic E-state index is 9.41. The van der Waals surface area contributed by atoms with E-state index in [1.165, 1.54) is 0 Å². The summed E-state index contributed by atoms with van der Waals surface area (Å²) < 4.78 is 0.171. The summed E-state index contributed by atoms with van der Waals surface area (Å²) in [5.41, 5.74) is 5.47. The van der Waals surface area contributed by atoms with Crippen molar-refractivity contribution < 1.29 is 4.79 Å². The Morgan fingerprint density at radius 2 is 2.50 bits per heavy atom. The monoisotopic (exact) mass is 121 g/mol. The SMILES string of the molecule is NC(=S)SC=O. The van der Waals surface area contributed by atoms with Gasteiger partial charge in [-0.3, -0.25) is 4.79 Å². The summed E-state index contributed by atoms with van der Waals surface area (Å²) in [7, 11) is 0. The molecule has 0 saturated heterocycles. The van der Waals surface area contributed by atoms with Crippen LogP contribution in [0.25, 0.3) is 0 Å². The molecule has 0 aliphatic carbocycles. The first-order valence-corrected chi connectivity index (χ1v) is 2.46. The highest BCUT2D eigenvalue weighted by Gasteiger charge is 1.79. The fraction of sp³-hybridized carbons (Fsp3) is 0. The summed E-state index contributed by atoms with van der Waals surface area (Å²) in [6.07, 6.45) is 0. The second-order valence-corrected chi connectivity index (χ2v) is 2.10. The van der Waals surface area contributed by atoms with Crippen molar-refractivity contribution in [3.8, 4) is 0 Å². The van der Waals surface area contributed by atoms with Gasteiger partial charge in [0.2, 0.25) is 0 Å². The van der Waals surface area contributed by atoms with Crippen LogP contribution in [-0.2, 0) is 4.79 Å². The van der Waals surface area contributed by atoms with Crippen molar-refractivity contribution in [1.82, 2.24) is 0 Å². The Balaban J connectivity index is 3.05. The van der Waals surface area contributed by atoms with Gasteiger partial charge in [-0.1, -0.05) is 12.2 Å². The summed E-state index contributed by atoms with van der Waals surface area (Å²) in [5, 5.41) is 0. The maximum Gasteiger partial charge on any atom is 0.183 e. The summed E-state index contributed by atoms with van der Waals surface area (Å²) in [4.78, 5) is 9.41. The number of hydrogen-bond donors (Lipinski definition) is 1. The molecule has 0 rings (SSSR count). The normalized spacial score (nSPS) is 7.33. The first-order chi connectivity index (χ1) is 2.77. The van der Waals surface area contributed by atoms with Crippen LogP contribution in [-0.4, -0.2) is 9.94 Å². The molecule has 0 amide bonds. The van der Waals surface area contributed by atoms with E-state index in [4.69, 9.17) is 5.73 Å². The molecule has 0 fully saturated rings. The molecule has 34 valence electrons. The molecule has 6 heavy (non-hydrogen) atoms. The number of hydrogen-bond acceptors (Lipinski definition) is 3. The van der Waals surface area contributed by atoms with E-state index in [1.807, 2.05) is 0 Å². The van der Waals surface area contributed by atoms with E-state index >= 15 is 0 Å². The third-order valence-electron chi connectivity index (χ3n) is 0.164. The second kappa shape index (κ2) is 3.11. The van der Waals surface area contributed by atoms with Gasteiger partial charge in [-0.2, -0.15) is 0 Å². The molecule has 0 aromatic heterocycles. The molecule has 0 spiro atoms. The molecule has 4 heteroatoms. The quantitative estimate of drug-likeness (QED) is 0.396. The van der Waals surface area contributed by atoms with Gasteiger partial charge in [-0.15, -0.1) is 0 Å². The van der Waals surface area contributed by atoms with E-state index < -0.39 is 0 Å². The molecule has 2 N–H and O–H groups in total. The van der Waals surface area contributed by atoms with E-state index in [9.17, 15) is 4.79 Å². The van der Waals surface area contributed by atoms with Crippen LogP contribution in [0.5, 0.6) is 0 Å². The molecular formula is C2H3NOS2. The Hall–Kier alpha value is -0.0900. The van der Waals surface area contributed by atoms with E-state index in [2.05, 4.69) is 12.2 Å². The standard InChI is InChI=1S/C2H3NOS2/c3-2(5)6-1-4/h1H,(H2,3,5). The molecule has 0 radical (unpaired) electrons. The number of thioether (sulfide) groups is 1. The van der Waals surface area contributed by atoms with Crippen molar-refractivity contribution in [2.75, 3.05) is 0 Å². The fourth-order valence-corrected chi connectivity index (χ4v) is 0.260. The average Bonchev–Trinajstić information content (AvgIpc) is 1.35. The van der Waals surface area contributed by atoms with Gasteiger partial charge in [0.15, 0.2) is 5.62 Å². The van der Waals surface area contributed by atoms with Crippen LogP contribution < -0.4 is 5.73 Å². The molecule has 0 aliphatic rings. The molecule has 0 aliphatic heterocycles. The summed E-state index contributed by atoms with van der Waals surface area (Å²) in [5.74, 6) is 0. The highest BCUT2D eigenvalue weighted by Crippen LogP contribution is 1.88. The van der Waals surface area contributed by atoms with Crippen LogP contribution in [0.4, 0.5) is 0 Å². The molecule has 0 bridgehead atoms. The highest BCUT2D eigenvalue weighted by atomic mass is 32.2. The smallest absolute Gasteiger partial charge is 0.183 e. The van der Waals surface area contributed by atoms with Gasteiger partial charge in [0.05, 0.1) is 0 Å². The maximum atomic E-state index is 9.41. The minimum Gasteiger partial charge on any atom is -0.384 e. The lowest BCUT2D eigenvalue weighted by Gasteiger charge is -1.77. The first-order valence-electron chi connectivity index (χ1n) is 1.17. The van der Waals surface area contributed by atoms with Gasteiger partial charge in [0.25, 0.3) is 0 Å². The molecular weight excluding hydrogens is 118 g/mol. The van der Waals surface area contributed by atoms with Crippen molar-refractivity contribution in [2.24, 2.45) is 5.73 Å². The molecule has 0 aromatic rings. The van der Waals surface area contributed by atoms with Crippen LogP contribution in [0, 0.1) is 0 Å². The lowest BCUT2D eigenvalue weighted by Crippen LogP contribution is -2.00. The van der Waals surface area contributed by atoms with Crippen molar-refractivity contribution in [1.29, 1.82) is 0 Å². The fourth-order valence-electron chi connectivity index (χ4n) is 0.0474. The van der Waals surface area contributed by atoms with Gasteiger partial charge in [-0.05, 0) is 11.8 Å². The van der Waals surface area contributed by atoms with Crippen LogP contribution in [0.3, 0.4) is 0 Å². The van der Waals surface area contributed by atoms with Crippen LogP contribution in [0.2, 0.25) is 0 Å². The summed E-state index contributed by atoms with van der Waals surface area (Å²) >= 11 is 5.12. The number of nitrogens with two attached hydrogens (primary N) is 1. The molecule has 2 nitrogen and oxygen atoms in total. The Morgan fingerprint density at radius 3 is 2.50 bits per heavy atom. The number of carbonyl (C=O) groups excluding carboxylic acids is 1. The van der Waals surface area contributed by atoms with Crippen LogP contribution in [0.15, 0.2) is 0 Å². The van der Waals surface area contributed by atoms with E-state index in [0.717, 1.165) is 11.8 Å². The van der Waals surface area contributed by atoms with Crippen molar-refractivity contribution in [2.45, 2.75) is 0 Å². The van der Waals surface area contributed by atoms with Crippen molar-refractivity contribution in [3.05, 3.63) is 0 Å². The third-order valence-corrected chi connectivity index (χ3v) is 0.781. The lowest BCUT2D eigenvalue weighted by atomic mass is 11.5. The van der Waals surface area contributed by atoms with Gasteiger partial charge in [0.1, 0.15) is 4.32 Å². The first kappa shape index (κ1) is 5.91. The third kappa shape index (κ3) is 3.91. The van der Waals surface area contributed by atoms with Gasteiger partial charge in [0, 0.05) is 0 Å². The van der Waals surface area contributed by atoms with E-state index in [1.54, 1.807) is 0 Å². The predicted octanol–water partition coefficient (Wildman–Crippen LogP) is 0.153. The van der Waals surface area contributed by atoms with Crippen molar-refractivity contribution in [3.63, 3.8) is 0 Å². The zero-order valence-electron chi connectivity index (χ0n) is 2.88. The van der Waals surface area contributed by atoms with E-state index in [0.29, 0.717) is 5.62 Å².